The van der Waals surface area contributed by atoms with Crippen LogP contribution in [-0.2, 0) is 25.6 Å². The van der Waals surface area contributed by atoms with Gasteiger partial charge >= 0.3 is 12.1 Å². The molecule has 0 fully saturated rings. The van der Waals surface area contributed by atoms with Crippen LogP contribution in [0.1, 0.15) is 39.7 Å². The molecule has 0 spiro atoms. The van der Waals surface area contributed by atoms with E-state index in [-0.39, 0.29) is 26.1 Å². The SMILES string of the molecule is CCOC(=O)CC(=O)CN(Cc1ccccc1)C(=O)OC(C)(C)C. The molecule has 1 aromatic carbocycles. The smallest absolute Gasteiger partial charge is 0.410 e. The molecule has 0 aliphatic rings. The molecule has 0 saturated heterocycles. The van der Waals surface area contributed by atoms with Crippen molar-refractivity contribution in [2.45, 2.75) is 46.3 Å². The normalized spacial score (nSPS) is 10.8. The molecular formula is C18H25NO5. The van der Waals surface area contributed by atoms with Gasteiger partial charge < -0.3 is 9.47 Å². The summed E-state index contributed by atoms with van der Waals surface area (Å²) in [4.78, 5) is 37.1. The van der Waals surface area contributed by atoms with E-state index in [0.717, 1.165) is 5.56 Å². The molecular weight excluding hydrogens is 310 g/mol. The van der Waals surface area contributed by atoms with Crippen LogP contribution in [0.3, 0.4) is 0 Å². The summed E-state index contributed by atoms with van der Waals surface area (Å²) in [7, 11) is 0. The summed E-state index contributed by atoms with van der Waals surface area (Å²) >= 11 is 0. The fourth-order valence-corrected chi connectivity index (χ4v) is 1.96. The number of ketones is 1. The van der Waals surface area contributed by atoms with Gasteiger partial charge in [-0.1, -0.05) is 30.3 Å². The van der Waals surface area contributed by atoms with Crippen molar-refractivity contribution in [2.24, 2.45) is 0 Å². The molecule has 6 nitrogen and oxygen atoms in total. The average molecular weight is 335 g/mol. The lowest BCUT2D eigenvalue weighted by Crippen LogP contribution is -2.39. The number of ether oxygens (including phenoxy) is 2. The predicted molar refractivity (Wildman–Crippen MR) is 89.3 cm³/mol. The lowest BCUT2D eigenvalue weighted by atomic mass is 10.2. The number of amides is 1. The summed E-state index contributed by atoms with van der Waals surface area (Å²) < 4.78 is 10.1. The van der Waals surface area contributed by atoms with Gasteiger partial charge in [0.25, 0.3) is 0 Å². The summed E-state index contributed by atoms with van der Waals surface area (Å²) in [5, 5.41) is 0. The van der Waals surface area contributed by atoms with Crippen molar-refractivity contribution in [1.82, 2.24) is 4.90 Å². The van der Waals surface area contributed by atoms with Crippen LogP contribution in [-0.4, -0.2) is 41.5 Å². The second-order valence-corrected chi connectivity index (χ2v) is 6.34. The van der Waals surface area contributed by atoms with E-state index < -0.39 is 23.4 Å². The fourth-order valence-electron chi connectivity index (χ4n) is 1.96. The van der Waals surface area contributed by atoms with Crippen molar-refractivity contribution in [3.05, 3.63) is 35.9 Å². The molecule has 1 rings (SSSR count). The van der Waals surface area contributed by atoms with Gasteiger partial charge in [0.2, 0.25) is 0 Å². The first-order chi connectivity index (χ1) is 11.2. The maximum Gasteiger partial charge on any atom is 0.410 e. The second kappa shape index (κ2) is 9.05. The molecule has 0 N–H and O–H groups in total. The number of carbonyl (C=O) groups excluding carboxylic acids is 3. The quantitative estimate of drug-likeness (QED) is 0.566. The molecule has 0 aliphatic heterocycles. The number of Topliss-reactive ketones (excluding diaryl/α,β-unsaturated/α-hetero) is 1. The minimum Gasteiger partial charge on any atom is -0.466 e. The van der Waals surface area contributed by atoms with Crippen LogP contribution in [0.4, 0.5) is 4.79 Å². The lowest BCUT2D eigenvalue weighted by molar-refractivity contribution is -0.145. The van der Waals surface area contributed by atoms with Gasteiger partial charge in [-0.25, -0.2) is 4.79 Å². The largest absolute Gasteiger partial charge is 0.466 e. The van der Waals surface area contributed by atoms with Crippen molar-refractivity contribution in [1.29, 1.82) is 0 Å². The molecule has 0 radical (unpaired) electrons. The van der Waals surface area contributed by atoms with E-state index in [1.54, 1.807) is 27.7 Å². The van der Waals surface area contributed by atoms with Gasteiger partial charge in [-0.05, 0) is 33.3 Å². The van der Waals surface area contributed by atoms with Gasteiger partial charge in [-0.3, -0.25) is 14.5 Å². The molecule has 0 saturated carbocycles. The van der Waals surface area contributed by atoms with E-state index in [1.807, 2.05) is 30.3 Å². The van der Waals surface area contributed by atoms with E-state index >= 15 is 0 Å². The maximum atomic E-state index is 12.3. The number of hydrogen-bond acceptors (Lipinski definition) is 5. The highest BCUT2D eigenvalue weighted by molar-refractivity contribution is 5.97. The van der Waals surface area contributed by atoms with Crippen LogP contribution < -0.4 is 0 Å². The Morgan fingerprint density at radius 1 is 1.08 bits per heavy atom. The van der Waals surface area contributed by atoms with Gasteiger partial charge in [-0.15, -0.1) is 0 Å². The Labute approximate surface area is 142 Å². The molecule has 0 aliphatic carbocycles. The molecule has 24 heavy (non-hydrogen) atoms. The molecule has 0 heterocycles. The van der Waals surface area contributed by atoms with Crippen molar-refractivity contribution in [3.8, 4) is 0 Å². The minimum absolute atomic E-state index is 0.206. The molecule has 0 unspecified atom stereocenters. The molecule has 6 heteroatoms. The zero-order chi connectivity index (χ0) is 18.2. The Kier molecular flexibility index (Phi) is 7.42. The monoisotopic (exact) mass is 335 g/mol. The van der Waals surface area contributed by atoms with E-state index in [9.17, 15) is 14.4 Å². The van der Waals surface area contributed by atoms with Crippen LogP contribution in [0.15, 0.2) is 30.3 Å². The molecule has 0 bridgehead atoms. The van der Waals surface area contributed by atoms with E-state index in [4.69, 9.17) is 9.47 Å². The summed E-state index contributed by atoms with van der Waals surface area (Å²) in [6, 6.07) is 9.28. The highest BCUT2D eigenvalue weighted by atomic mass is 16.6. The Bertz CT molecular complexity index is 563. The predicted octanol–water partition coefficient (Wildman–Crippen LogP) is 2.95. The zero-order valence-corrected chi connectivity index (χ0v) is 14.7. The third-order valence-corrected chi connectivity index (χ3v) is 2.88. The van der Waals surface area contributed by atoms with Gasteiger partial charge in [0.1, 0.15) is 12.0 Å². The molecule has 1 aromatic rings. The van der Waals surface area contributed by atoms with Crippen molar-refractivity contribution in [2.75, 3.05) is 13.2 Å². The number of rotatable bonds is 7. The molecule has 1 amide bonds. The third-order valence-electron chi connectivity index (χ3n) is 2.88. The van der Waals surface area contributed by atoms with Crippen LogP contribution >= 0.6 is 0 Å². The first-order valence-corrected chi connectivity index (χ1v) is 7.90. The van der Waals surface area contributed by atoms with Gasteiger partial charge in [-0.2, -0.15) is 0 Å². The number of esters is 1. The maximum absolute atomic E-state index is 12.3. The summed E-state index contributed by atoms with van der Waals surface area (Å²) in [5.74, 6) is -0.985. The van der Waals surface area contributed by atoms with Crippen LogP contribution in [0.25, 0.3) is 0 Å². The minimum atomic E-state index is -0.670. The highest BCUT2D eigenvalue weighted by Gasteiger charge is 2.25. The summed E-state index contributed by atoms with van der Waals surface area (Å²) in [6.07, 6.45) is -0.953. The number of nitrogens with zero attached hydrogens (tertiary/aromatic N) is 1. The standard InChI is InChI=1S/C18H25NO5/c1-5-23-16(21)11-15(20)13-19(17(22)24-18(2,3)4)12-14-9-7-6-8-10-14/h6-10H,5,11-13H2,1-4H3. The van der Waals surface area contributed by atoms with Crippen LogP contribution in [0, 0.1) is 0 Å². The van der Waals surface area contributed by atoms with Gasteiger partial charge in [0.05, 0.1) is 13.2 Å². The molecule has 132 valence electrons. The third kappa shape index (κ3) is 7.76. The number of benzene rings is 1. The zero-order valence-electron chi connectivity index (χ0n) is 14.7. The topological polar surface area (TPSA) is 72.9 Å². The number of carbonyl (C=O) groups is 3. The van der Waals surface area contributed by atoms with Crippen LogP contribution in [0.2, 0.25) is 0 Å². The van der Waals surface area contributed by atoms with Crippen molar-refractivity contribution in [3.63, 3.8) is 0 Å². The molecule has 0 aromatic heterocycles. The lowest BCUT2D eigenvalue weighted by Gasteiger charge is -2.27. The summed E-state index contributed by atoms with van der Waals surface area (Å²) in [5.41, 5.74) is 0.197. The van der Waals surface area contributed by atoms with Gasteiger partial charge in [0.15, 0.2) is 5.78 Å². The summed E-state index contributed by atoms with van der Waals surface area (Å²) in [6.45, 7) is 7.17. The first-order valence-electron chi connectivity index (χ1n) is 7.90. The van der Waals surface area contributed by atoms with E-state index in [2.05, 4.69) is 0 Å². The molecule has 0 atom stereocenters. The fraction of sp³-hybridized carbons (Fsp3) is 0.500. The van der Waals surface area contributed by atoms with E-state index in [0.29, 0.717) is 0 Å². The average Bonchev–Trinajstić information content (AvgIpc) is 2.46. The Hall–Kier alpha value is -2.37. The Morgan fingerprint density at radius 2 is 1.71 bits per heavy atom. The number of hydrogen-bond donors (Lipinski definition) is 0. The Morgan fingerprint density at radius 3 is 2.25 bits per heavy atom. The highest BCUT2D eigenvalue weighted by Crippen LogP contribution is 2.13. The van der Waals surface area contributed by atoms with Gasteiger partial charge in [0, 0.05) is 6.54 Å². The Balaban J connectivity index is 2.78. The van der Waals surface area contributed by atoms with Crippen molar-refractivity contribution < 1.29 is 23.9 Å². The first kappa shape index (κ1) is 19.7. The van der Waals surface area contributed by atoms with Crippen molar-refractivity contribution >= 4 is 17.8 Å². The van der Waals surface area contributed by atoms with E-state index in [1.165, 1.54) is 4.90 Å². The van der Waals surface area contributed by atoms with Crippen LogP contribution in [0.5, 0.6) is 0 Å². The second-order valence-electron chi connectivity index (χ2n) is 6.34.